The number of hydrogen-bond acceptors (Lipinski definition) is 3. The Morgan fingerprint density at radius 2 is 2.00 bits per heavy atom. The second-order valence-electron chi connectivity index (χ2n) is 5.26. The molecule has 0 bridgehead atoms. The van der Waals surface area contributed by atoms with Gasteiger partial charge in [0.2, 0.25) is 0 Å². The standard InChI is InChI=1S/C16H16FN3O/c17-14-4-1-12(9-15(14)18)16(21)20(13-2-3-13)10-11-5-7-19-8-6-11/h1,4-9,13H,2-3,10,18H2. The number of benzene rings is 1. The fourth-order valence-corrected chi connectivity index (χ4v) is 2.28. The molecular formula is C16H16FN3O. The zero-order valence-corrected chi connectivity index (χ0v) is 11.5. The molecule has 1 aromatic carbocycles. The van der Waals surface area contributed by atoms with E-state index in [1.165, 1.54) is 18.2 Å². The Bertz CT molecular complexity index is 656. The maximum absolute atomic E-state index is 13.2. The Kier molecular flexibility index (Phi) is 3.56. The van der Waals surface area contributed by atoms with Crippen molar-refractivity contribution in [2.75, 3.05) is 5.73 Å². The molecule has 1 amide bonds. The Morgan fingerprint density at radius 1 is 1.29 bits per heavy atom. The van der Waals surface area contributed by atoms with E-state index in [-0.39, 0.29) is 17.6 Å². The second-order valence-corrected chi connectivity index (χ2v) is 5.26. The summed E-state index contributed by atoms with van der Waals surface area (Å²) in [5, 5.41) is 0. The van der Waals surface area contributed by atoms with E-state index in [9.17, 15) is 9.18 Å². The van der Waals surface area contributed by atoms with Gasteiger partial charge in [-0.3, -0.25) is 9.78 Å². The van der Waals surface area contributed by atoms with Crippen molar-refractivity contribution in [1.29, 1.82) is 0 Å². The lowest BCUT2D eigenvalue weighted by atomic mass is 10.1. The summed E-state index contributed by atoms with van der Waals surface area (Å²) in [6, 6.07) is 8.16. The zero-order chi connectivity index (χ0) is 14.8. The highest BCUT2D eigenvalue weighted by Crippen LogP contribution is 2.30. The zero-order valence-electron chi connectivity index (χ0n) is 11.5. The molecule has 4 nitrogen and oxygen atoms in total. The molecule has 5 heteroatoms. The van der Waals surface area contributed by atoms with Crippen molar-refractivity contribution >= 4 is 11.6 Å². The van der Waals surface area contributed by atoms with Crippen LogP contribution in [0.15, 0.2) is 42.7 Å². The summed E-state index contributed by atoms with van der Waals surface area (Å²) in [4.78, 5) is 18.4. The van der Waals surface area contributed by atoms with Crippen molar-refractivity contribution in [3.63, 3.8) is 0 Å². The number of nitrogen functional groups attached to an aromatic ring is 1. The predicted molar refractivity (Wildman–Crippen MR) is 77.9 cm³/mol. The summed E-state index contributed by atoms with van der Waals surface area (Å²) in [7, 11) is 0. The van der Waals surface area contributed by atoms with Crippen molar-refractivity contribution < 1.29 is 9.18 Å². The van der Waals surface area contributed by atoms with Crippen LogP contribution in [0.4, 0.5) is 10.1 Å². The van der Waals surface area contributed by atoms with Crippen LogP contribution in [-0.4, -0.2) is 21.8 Å². The first-order chi connectivity index (χ1) is 10.1. The summed E-state index contributed by atoms with van der Waals surface area (Å²) in [5.41, 5.74) is 7.00. The van der Waals surface area contributed by atoms with E-state index >= 15 is 0 Å². The molecule has 2 aromatic rings. The first kappa shape index (κ1) is 13.5. The maximum Gasteiger partial charge on any atom is 0.254 e. The minimum Gasteiger partial charge on any atom is -0.396 e. The molecule has 3 rings (SSSR count). The highest BCUT2D eigenvalue weighted by Gasteiger charge is 2.33. The second kappa shape index (κ2) is 5.52. The van der Waals surface area contributed by atoms with Crippen molar-refractivity contribution in [2.45, 2.75) is 25.4 Å². The molecule has 1 saturated carbocycles. The van der Waals surface area contributed by atoms with Crippen LogP contribution in [0.1, 0.15) is 28.8 Å². The molecule has 1 fully saturated rings. The quantitative estimate of drug-likeness (QED) is 0.878. The molecule has 0 atom stereocenters. The number of carbonyl (C=O) groups is 1. The fourth-order valence-electron chi connectivity index (χ4n) is 2.28. The molecule has 1 aliphatic carbocycles. The molecule has 0 radical (unpaired) electrons. The highest BCUT2D eigenvalue weighted by atomic mass is 19.1. The van der Waals surface area contributed by atoms with Crippen molar-refractivity contribution in [3.8, 4) is 0 Å². The van der Waals surface area contributed by atoms with Gasteiger partial charge in [-0.15, -0.1) is 0 Å². The third-order valence-electron chi connectivity index (χ3n) is 3.59. The number of nitrogens with zero attached hydrogens (tertiary/aromatic N) is 2. The predicted octanol–water partition coefficient (Wildman–Crippen LogP) is 2.61. The Morgan fingerprint density at radius 3 is 2.62 bits per heavy atom. The van der Waals surface area contributed by atoms with Gasteiger partial charge < -0.3 is 10.6 Å². The van der Waals surface area contributed by atoms with Crippen LogP contribution < -0.4 is 5.73 Å². The molecule has 0 saturated heterocycles. The molecule has 21 heavy (non-hydrogen) atoms. The molecule has 1 aromatic heterocycles. The molecule has 0 unspecified atom stereocenters. The van der Waals surface area contributed by atoms with Crippen LogP contribution in [-0.2, 0) is 6.54 Å². The van der Waals surface area contributed by atoms with Gasteiger partial charge in [-0.2, -0.15) is 0 Å². The average Bonchev–Trinajstić information content (AvgIpc) is 3.33. The highest BCUT2D eigenvalue weighted by molar-refractivity contribution is 5.95. The Labute approximate surface area is 122 Å². The summed E-state index contributed by atoms with van der Waals surface area (Å²) >= 11 is 0. The van der Waals surface area contributed by atoms with E-state index in [2.05, 4.69) is 4.98 Å². The maximum atomic E-state index is 13.2. The van der Waals surface area contributed by atoms with Crippen LogP contribution in [0, 0.1) is 5.82 Å². The number of anilines is 1. The number of pyridine rings is 1. The van der Waals surface area contributed by atoms with Crippen LogP contribution in [0.2, 0.25) is 0 Å². The summed E-state index contributed by atoms with van der Waals surface area (Å²) in [6.45, 7) is 0.531. The first-order valence-electron chi connectivity index (χ1n) is 6.90. The molecule has 1 aliphatic rings. The summed E-state index contributed by atoms with van der Waals surface area (Å²) < 4.78 is 13.2. The monoisotopic (exact) mass is 285 g/mol. The molecule has 1 heterocycles. The number of carbonyl (C=O) groups excluding carboxylic acids is 1. The van der Waals surface area contributed by atoms with E-state index in [0.29, 0.717) is 12.1 Å². The molecule has 2 N–H and O–H groups in total. The van der Waals surface area contributed by atoms with Gasteiger partial charge in [-0.25, -0.2) is 4.39 Å². The average molecular weight is 285 g/mol. The van der Waals surface area contributed by atoms with Gasteiger partial charge in [0.1, 0.15) is 5.82 Å². The lowest BCUT2D eigenvalue weighted by Crippen LogP contribution is -2.32. The van der Waals surface area contributed by atoms with Crippen molar-refractivity contribution in [1.82, 2.24) is 9.88 Å². The van der Waals surface area contributed by atoms with Gasteiger partial charge in [-0.05, 0) is 48.7 Å². The number of nitrogens with two attached hydrogens (primary N) is 1. The summed E-state index contributed by atoms with van der Waals surface area (Å²) in [6.07, 6.45) is 5.43. The van der Waals surface area contributed by atoms with Gasteiger partial charge in [0.05, 0.1) is 5.69 Å². The minimum absolute atomic E-state index is 0.000470. The molecule has 0 spiro atoms. The third-order valence-corrected chi connectivity index (χ3v) is 3.59. The Balaban J connectivity index is 1.83. The van der Waals surface area contributed by atoms with E-state index in [1.807, 2.05) is 17.0 Å². The van der Waals surface area contributed by atoms with Crippen molar-refractivity contribution in [3.05, 3.63) is 59.7 Å². The SMILES string of the molecule is Nc1cc(C(=O)N(Cc2ccncc2)C2CC2)ccc1F. The molecule has 108 valence electrons. The van der Waals surface area contributed by atoms with E-state index in [0.717, 1.165) is 18.4 Å². The van der Waals surface area contributed by atoms with Crippen LogP contribution in [0.3, 0.4) is 0 Å². The van der Waals surface area contributed by atoms with Crippen LogP contribution >= 0.6 is 0 Å². The molecular weight excluding hydrogens is 269 g/mol. The largest absolute Gasteiger partial charge is 0.396 e. The number of aromatic nitrogens is 1. The number of halogens is 1. The number of hydrogen-bond donors (Lipinski definition) is 1. The van der Waals surface area contributed by atoms with Gasteiger partial charge in [0.15, 0.2) is 0 Å². The van der Waals surface area contributed by atoms with E-state index in [1.54, 1.807) is 12.4 Å². The van der Waals surface area contributed by atoms with Crippen molar-refractivity contribution in [2.24, 2.45) is 0 Å². The number of amides is 1. The van der Waals surface area contributed by atoms with E-state index < -0.39 is 5.82 Å². The first-order valence-corrected chi connectivity index (χ1v) is 6.90. The van der Waals surface area contributed by atoms with Gasteiger partial charge in [0, 0.05) is 30.5 Å². The smallest absolute Gasteiger partial charge is 0.254 e. The third kappa shape index (κ3) is 3.02. The van der Waals surface area contributed by atoms with Crippen LogP contribution in [0.25, 0.3) is 0 Å². The lowest BCUT2D eigenvalue weighted by molar-refractivity contribution is 0.0730. The van der Waals surface area contributed by atoms with Gasteiger partial charge in [-0.1, -0.05) is 0 Å². The fraction of sp³-hybridized carbons (Fsp3) is 0.250. The molecule has 0 aliphatic heterocycles. The number of rotatable bonds is 4. The van der Waals surface area contributed by atoms with E-state index in [4.69, 9.17) is 5.73 Å². The van der Waals surface area contributed by atoms with Gasteiger partial charge in [0.25, 0.3) is 5.91 Å². The van der Waals surface area contributed by atoms with Crippen LogP contribution in [0.5, 0.6) is 0 Å². The Hall–Kier alpha value is -2.43. The topological polar surface area (TPSA) is 59.2 Å². The van der Waals surface area contributed by atoms with Gasteiger partial charge >= 0.3 is 0 Å². The summed E-state index contributed by atoms with van der Waals surface area (Å²) in [5.74, 6) is -0.611. The lowest BCUT2D eigenvalue weighted by Gasteiger charge is -2.22. The normalized spacial score (nSPS) is 14.0. The minimum atomic E-state index is -0.501.